The summed E-state index contributed by atoms with van der Waals surface area (Å²) in [6.45, 7) is -0.458. The lowest BCUT2D eigenvalue weighted by Gasteiger charge is -2.09. The van der Waals surface area contributed by atoms with Gasteiger partial charge in [-0.3, -0.25) is 0 Å². The molecule has 2 aromatic carbocycles. The third-order valence-electron chi connectivity index (χ3n) is 3.47. The van der Waals surface area contributed by atoms with Crippen LogP contribution in [-0.2, 0) is 4.79 Å². The molecule has 7 heteroatoms. The Morgan fingerprint density at radius 2 is 2.00 bits per heavy atom. The van der Waals surface area contributed by atoms with Crippen molar-refractivity contribution in [2.24, 2.45) is 0 Å². The molecule has 124 valence electrons. The molecule has 1 heterocycles. The first kappa shape index (κ1) is 16.6. The number of carboxylic acid groups (broad SMARTS) is 1. The van der Waals surface area contributed by atoms with Gasteiger partial charge in [-0.05, 0) is 30.3 Å². The number of hydrogen-bond acceptors (Lipinski definition) is 5. The first-order valence-corrected chi connectivity index (χ1v) is 7.41. The number of oxazole rings is 1. The molecule has 0 aliphatic rings. The van der Waals surface area contributed by atoms with Crippen LogP contribution >= 0.6 is 0 Å². The summed E-state index contributed by atoms with van der Waals surface area (Å²) >= 11 is 0. The summed E-state index contributed by atoms with van der Waals surface area (Å²) in [6.07, 6.45) is 1.47. The van der Waals surface area contributed by atoms with Crippen LogP contribution in [0.3, 0.4) is 0 Å². The van der Waals surface area contributed by atoms with Gasteiger partial charge in [0.1, 0.15) is 31.3 Å². The zero-order valence-electron chi connectivity index (χ0n) is 13.4. The van der Waals surface area contributed by atoms with Gasteiger partial charge in [0, 0.05) is 11.1 Å². The maximum atomic E-state index is 10.7. The van der Waals surface area contributed by atoms with E-state index in [-0.39, 0.29) is 0 Å². The SMILES string of the molecule is [B]c1ccc(OCC(=O)O)c(-c2coc(-c3ccc(OC)cc3)n2)c1. The van der Waals surface area contributed by atoms with E-state index in [9.17, 15) is 4.79 Å². The van der Waals surface area contributed by atoms with Crippen LogP contribution in [0.1, 0.15) is 0 Å². The van der Waals surface area contributed by atoms with Crippen LogP contribution in [0.15, 0.2) is 53.1 Å². The summed E-state index contributed by atoms with van der Waals surface area (Å²) in [7, 11) is 7.42. The van der Waals surface area contributed by atoms with Crippen molar-refractivity contribution in [2.45, 2.75) is 0 Å². The molecule has 0 saturated carbocycles. The minimum atomic E-state index is -1.07. The van der Waals surface area contributed by atoms with Crippen molar-refractivity contribution in [3.8, 4) is 34.2 Å². The lowest BCUT2D eigenvalue weighted by molar-refractivity contribution is -0.139. The van der Waals surface area contributed by atoms with Crippen molar-refractivity contribution in [3.05, 3.63) is 48.7 Å². The van der Waals surface area contributed by atoms with Crippen LogP contribution in [-0.4, -0.2) is 37.6 Å². The number of aromatic nitrogens is 1. The molecular weight excluding hydrogens is 321 g/mol. The Bertz CT molecular complexity index is 889. The van der Waals surface area contributed by atoms with Gasteiger partial charge in [-0.1, -0.05) is 17.6 Å². The summed E-state index contributed by atoms with van der Waals surface area (Å²) in [5.41, 5.74) is 2.35. The maximum absolute atomic E-state index is 10.7. The zero-order chi connectivity index (χ0) is 17.8. The quantitative estimate of drug-likeness (QED) is 0.696. The van der Waals surface area contributed by atoms with Gasteiger partial charge in [-0.25, -0.2) is 9.78 Å². The summed E-state index contributed by atoms with van der Waals surface area (Å²) in [5.74, 6) is 0.452. The Balaban J connectivity index is 1.93. The second kappa shape index (κ2) is 7.13. The molecule has 3 rings (SSSR count). The largest absolute Gasteiger partial charge is 0.497 e. The molecule has 0 fully saturated rings. The number of benzene rings is 2. The third-order valence-corrected chi connectivity index (χ3v) is 3.47. The minimum Gasteiger partial charge on any atom is -0.497 e. The molecule has 6 nitrogen and oxygen atoms in total. The molecule has 0 amide bonds. The van der Waals surface area contributed by atoms with Crippen molar-refractivity contribution in [3.63, 3.8) is 0 Å². The second-order valence-electron chi connectivity index (χ2n) is 5.20. The Morgan fingerprint density at radius 3 is 2.68 bits per heavy atom. The average molecular weight is 335 g/mol. The Hall–Kier alpha value is -3.22. The fourth-order valence-electron chi connectivity index (χ4n) is 2.28. The van der Waals surface area contributed by atoms with Crippen LogP contribution in [0.2, 0.25) is 0 Å². The molecule has 0 unspecified atom stereocenters. The van der Waals surface area contributed by atoms with Gasteiger partial charge in [0.05, 0.1) is 7.11 Å². The lowest BCUT2D eigenvalue weighted by atomic mass is 9.93. The summed E-state index contributed by atoms with van der Waals surface area (Å²) < 4.78 is 16.0. The highest BCUT2D eigenvalue weighted by Crippen LogP contribution is 2.31. The minimum absolute atomic E-state index is 0.367. The van der Waals surface area contributed by atoms with E-state index >= 15 is 0 Å². The van der Waals surface area contributed by atoms with Crippen molar-refractivity contribution < 1.29 is 23.8 Å². The van der Waals surface area contributed by atoms with Gasteiger partial charge >= 0.3 is 5.97 Å². The summed E-state index contributed by atoms with van der Waals surface area (Å²) in [6, 6.07) is 12.2. The first-order valence-electron chi connectivity index (χ1n) is 7.41. The second-order valence-corrected chi connectivity index (χ2v) is 5.20. The molecule has 1 aromatic heterocycles. The van der Waals surface area contributed by atoms with E-state index in [1.54, 1.807) is 37.4 Å². The number of hydrogen-bond donors (Lipinski definition) is 1. The monoisotopic (exact) mass is 335 g/mol. The predicted molar refractivity (Wildman–Crippen MR) is 92.4 cm³/mol. The number of nitrogens with zero attached hydrogens (tertiary/aromatic N) is 1. The van der Waals surface area contributed by atoms with Crippen molar-refractivity contribution in [1.29, 1.82) is 0 Å². The van der Waals surface area contributed by atoms with Crippen LogP contribution in [0.25, 0.3) is 22.7 Å². The lowest BCUT2D eigenvalue weighted by Crippen LogP contribution is -2.11. The highest BCUT2D eigenvalue weighted by molar-refractivity contribution is 6.32. The van der Waals surface area contributed by atoms with E-state index in [4.69, 9.17) is 26.8 Å². The molecule has 25 heavy (non-hydrogen) atoms. The van der Waals surface area contributed by atoms with Crippen LogP contribution < -0.4 is 14.9 Å². The molecule has 2 radical (unpaired) electrons. The van der Waals surface area contributed by atoms with E-state index in [0.29, 0.717) is 28.4 Å². The summed E-state index contributed by atoms with van der Waals surface area (Å²) in [5, 5.41) is 8.79. The molecule has 0 spiro atoms. The van der Waals surface area contributed by atoms with Gasteiger partial charge in [0.25, 0.3) is 0 Å². The molecular formula is C18H14BNO5. The predicted octanol–water partition coefficient (Wildman–Crippen LogP) is 2.27. The topological polar surface area (TPSA) is 81.8 Å². The van der Waals surface area contributed by atoms with Gasteiger partial charge in [0.15, 0.2) is 6.61 Å². The Kier molecular flexibility index (Phi) is 4.74. The van der Waals surface area contributed by atoms with E-state index in [1.165, 1.54) is 6.26 Å². The number of aliphatic carboxylic acids is 1. The van der Waals surface area contributed by atoms with Gasteiger partial charge in [-0.15, -0.1) is 0 Å². The fourth-order valence-corrected chi connectivity index (χ4v) is 2.28. The number of methoxy groups -OCH3 is 1. The van der Waals surface area contributed by atoms with Crippen LogP contribution in [0.4, 0.5) is 0 Å². The third kappa shape index (κ3) is 3.83. The van der Waals surface area contributed by atoms with Crippen LogP contribution in [0.5, 0.6) is 11.5 Å². The Labute approximate surface area is 145 Å². The van der Waals surface area contributed by atoms with E-state index in [2.05, 4.69) is 4.98 Å². The molecule has 0 atom stereocenters. The Morgan fingerprint density at radius 1 is 1.24 bits per heavy atom. The standard InChI is InChI=1S/C18H14BNO5/c1-23-13-5-2-11(3-6-13)18-20-15(9-25-18)14-8-12(19)4-7-16(14)24-10-17(21)22/h2-9H,10H2,1H3,(H,21,22). The van der Waals surface area contributed by atoms with Crippen molar-refractivity contribution in [1.82, 2.24) is 4.98 Å². The van der Waals surface area contributed by atoms with Gasteiger partial charge < -0.3 is 19.0 Å². The van der Waals surface area contributed by atoms with Gasteiger partial charge in [-0.2, -0.15) is 0 Å². The molecule has 3 aromatic rings. The first-order chi connectivity index (χ1) is 12.1. The molecule has 1 N–H and O–H groups in total. The normalized spacial score (nSPS) is 10.4. The number of ether oxygens (including phenoxy) is 2. The molecule has 0 aliphatic heterocycles. The van der Waals surface area contributed by atoms with Crippen molar-refractivity contribution >= 4 is 19.3 Å². The zero-order valence-corrected chi connectivity index (χ0v) is 13.4. The van der Waals surface area contributed by atoms with Crippen LogP contribution in [0, 0.1) is 0 Å². The number of carbonyl (C=O) groups is 1. The smallest absolute Gasteiger partial charge is 0.341 e. The number of carboxylic acids is 1. The van der Waals surface area contributed by atoms with E-state index in [1.807, 2.05) is 12.1 Å². The average Bonchev–Trinajstić information content (AvgIpc) is 3.10. The highest BCUT2D eigenvalue weighted by Gasteiger charge is 2.14. The molecule has 0 saturated heterocycles. The number of rotatable bonds is 6. The highest BCUT2D eigenvalue weighted by atomic mass is 16.5. The van der Waals surface area contributed by atoms with Gasteiger partial charge in [0.2, 0.25) is 5.89 Å². The molecule has 0 aliphatic carbocycles. The van der Waals surface area contributed by atoms with E-state index < -0.39 is 12.6 Å². The van der Waals surface area contributed by atoms with E-state index in [0.717, 1.165) is 11.3 Å². The molecule has 0 bridgehead atoms. The summed E-state index contributed by atoms with van der Waals surface area (Å²) in [4.78, 5) is 15.2. The maximum Gasteiger partial charge on any atom is 0.341 e. The van der Waals surface area contributed by atoms with Crippen molar-refractivity contribution in [2.75, 3.05) is 13.7 Å². The fraction of sp³-hybridized carbons (Fsp3) is 0.111.